The third kappa shape index (κ3) is 4.33. The molecule has 0 saturated carbocycles. The van der Waals surface area contributed by atoms with Crippen molar-refractivity contribution in [2.24, 2.45) is 5.92 Å². The van der Waals surface area contributed by atoms with Crippen LogP contribution in [0.1, 0.15) is 47.0 Å². The van der Waals surface area contributed by atoms with Crippen molar-refractivity contribution in [2.45, 2.75) is 59.0 Å². The van der Waals surface area contributed by atoms with Crippen molar-refractivity contribution in [2.75, 3.05) is 6.54 Å². The Morgan fingerprint density at radius 3 is 2.37 bits per heavy atom. The lowest BCUT2D eigenvalue weighted by molar-refractivity contribution is -0.140. The molecule has 1 aliphatic rings. The molecule has 0 spiro atoms. The summed E-state index contributed by atoms with van der Waals surface area (Å²) in [4.78, 5) is 36.9. The Balaban J connectivity index is 2.79. The van der Waals surface area contributed by atoms with Gasteiger partial charge in [-0.15, -0.1) is 0 Å². The highest BCUT2D eigenvalue weighted by Crippen LogP contribution is 2.20. The Morgan fingerprint density at radius 2 is 1.89 bits per heavy atom. The van der Waals surface area contributed by atoms with E-state index in [2.05, 4.69) is 5.32 Å². The van der Waals surface area contributed by atoms with Crippen LogP contribution in [0.25, 0.3) is 0 Å². The maximum atomic E-state index is 12.5. The van der Waals surface area contributed by atoms with Crippen LogP contribution < -0.4 is 5.32 Å². The Morgan fingerprint density at radius 1 is 1.26 bits per heavy atom. The van der Waals surface area contributed by atoms with Gasteiger partial charge in [0.15, 0.2) is 5.78 Å². The Kier molecular flexibility index (Phi) is 5.51. The van der Waals surface area contributed by atoms with Gasteiger partial charge in [0.25, 0.3) is 0 Å². The van der Waals surface area contributed by atoms with Crippen LogP contribution in [0.4, 0.5) is 0 Å². The first-order valence-corrected chi connectivity index (χ1v) is 6.91. The number of Topliss-reactive ketones (excluding diaryl/α,β-unsaturated/α-hetero) is 1. The van der Waals surface area contributed by atoms with E-state index in [1.54, 1.807) is 4.90 Å². The van der Waals surface area contributed by atoms with E-state index in [9.17, 15) is 14.4 Å². The molecular formula is C14H24N2O3. The third-order valence-electron chi connectivity index (χ3n) is 3.39. The minimum absolute atomic E-state index is 0.0250. The molecule has 19 heavy (non-hydrogen) atoms. The van der Waals surface area contributed by atoms with Crippen LogP contribution in [0.15, 0.2) is 0 Å². The van der Waals surface area contributed by atoms with Crippen molar-refractivity contribution in [3.8, 4) is 0 Å². The minimum atomic E-state index is -0.516. The van der Waals surface area contributed by atoms with Crippen molar-refractivity contribution in [3.05, 3.63) is 0 Å². The molecule has 1 heterocycles. The fraction of sp³-hybridized carbons (Fsp3) is 0.786. The van der Waals surface area contributed by atoms with E-state index in [1.165, 1.54) is 13.8 Å². The summed E-state index contributed by atoms with van der Waals surface area (Å²) >= 11 is 0. The summed E-state index contributed by atoms with van der Waals surface area (Å²) in [6, 6.07) is -0.826. The SMILES string of the molecule is CC(=O)NC(CC(C)C)C(=O)N1CCCC1C(C)=O. The van der Waals surface area contributed by atoms with Crippen molar-refractivity contribution >= 4 is 17.6 Å². The summed E-state index contributed by atoms with van der Waals surface area (Å²) in [6.45, 7) is 7.56. The molecule has 5 heteroatoms. The number of carbonyl (C=O) groups excluding carboxylic acids is 3. The summed E-state index contributed by atoms with van der Waals surface area (Å²) < 4.78 is 0. The number of nitrogens with zero attached hydrogens (tertiary/aromatic N) is 1. The highest BCUT2D eigenvalue weighted by atomic mass is 16.2. The van der Waals surface area contributed by atoms with Gasteiger partial charge in [0.2, 0.25) is 11.8 Å². The molecule has 0 aliphatic carbocycles. The van der Waals surface area contributed by atoms with Crippen LogP contribution in [0.3, 0.4) is 0 Å². The van der Waals surface area contributed by atoms with Crippen LogP contribution in [-0.4, -0.2) is 41.1 Å². The minimum Gasteiger partial charge on any atom is -0.345 e. The lowest BCUT2D eigenvalue weighted by atomic mass is 10.0. The van der Waals surface area contributed by atoms with Gasteiger partial charge in [-0.25, -0.2) is 0 Å². The normalized spacial score (nSPS) is 20.5. The number of hydrogen-bond donors (Lipinski definition) is 1. The number of ketones is 1. The monoisotopic (exact) mass is 268 g/mol. The van der Waals surface area contributed by atoms with Crippen LogP contribution in [-0.2, 0) is 14.4 Å². The summed E-state index contributed by atoms with van der Waals surface area (Å²) in [5.74, 6) is -0.00433. The Hall–Kier alpha value is -1.39. The summed E-state index contributed by atoms with van der Waals surface area (Å²) in [5, 5.41) is 2.71. The molecule has 1 rings (SSSR count). The first kappa shape index (κ1) is 15.7. The molecule has 108 valence electrons. The zero-order chi connectivity index (χ0) is 14.6. The highest BCUT2D eigenvalue weighted by Gasteiger charge is 2.35. The molecule has 2 unspecified atom stereocenters. The molecular weight excluding hydrogens is 244 g/mol. The number of carbonyl (C=O) groups is 3. The molecule has 5 nitrogen and oxygen atoms in total. The fourth-order valence-corrected chi connectivity index (χ4v) is 2.59. The zero-order valence-electron chi connectivity index (χ0n) is 12.2. The molecule has 0 aromatic rings. The van der Waals surface area contributed by atoms with Gasteiger partial charge < -0.3 is 10.2 Å². The standard InChI is InChI=1S/C14H24N2O3/c1-9(2)8-12(15-11(4)18)14(19)16-7-5-6-13(16)10(3)17/h9,12-13H,5-8H2,1-4H3,(H,15,18). The molecule has 2 atom stereocenters. The second-order valence-electron chi connectivity index (χ2n) is 5.68. The van der Waals surface area contributed by atoms with Crippen LogP contribution in [0.5, 0.6) is 0 Å². The number of rotatable bonds is 5. The summed E-state index contributed by atoms with van der Waals surface area (Å²) in [5.41, 5.74) is 0. The third-order valence-corrected chi connectivity index (χ3v) is 3.39. The van der Waals surface area contributed by atoms with E-state index in [-0.39, 0.29) is 23.6 Å². The Labute approximate surface area is 114 Å². The van der Waals surface area contributed by atoms with Gasteiger partial charge in [-0.05, 0) is 32.1 Å². The van der Waals surface area contributed by atoms with Crippen LogP contribution >= 0.6 is 0 Å². The van der Waals surface area contributed by atoms with E-state index in [1.807, 2.05) is 13.8 Å². The molecule has 1 saturated heterocycles. The molecule has 1 fully saturated rings. The average molecular weight is 268 g/mol. The van der Waals surface area contributed by atoms with Gasteiger partial charge in [-0.3, -0.25) is 14.4 Å². The number of hydrogen-bond acceptors (Lipinski definition) is 3. The van der Waals surface area contributed by atoms with Gasteiger partial charge in [-0.2, -0.15) is 0 Å². The summed E-state index contributed by atoms with van der Waals surface area (Å²) in [6.07, 6.45) is 2.18. The molecule has 0 aromatic carbocycles. The van der Waals surface area contributed by atoms with Gasteiger partial charge in [0.1, 0.15) is 6.04 Å². The van der Waals surface area contributed by atoms with Gasteiger partial charge in [0, 0.05) is 13.5 Å². The lowest BCUT2D eigenvalue weighted by Crippen LogP contribution is -2.51. The second-order valence-corrected chi connectivity index (χ2v) is 5.68. The topological polar surface area (TPSA) is 66.5 Å². The molecule has 0 radical (unpaired) electrons. The largest absolute Gasteiger partial charge is 0.345 e. The maximum Gasteiger partial charge on any atom is 0.245 e. The number of nitrogens with one attached hydrogen (secondary N) is 1. The number of likely N-dealkylation sites (tertiary alicyclic amines) is 1. The van der Waals surface area contributed by atoms with Crippen molar-refractivity contribution in [1.82, 2.24) is 10.2 Å². The Bertz CT molecular complexity index is 366. The maximum absolute atomic E-state index is 12.5. The molecule has 1 N–H and O–H groups in total. The predicted molar refractivity (Wildman–Crippen MR) is 72.5 cm³/mol. The van der Waals surface area contributed by atoms with E-state index in [4.69, 9.17) is 0 Å². The molecule has 2 amide bonds. The van der Waals surface area contributed by atoms with Crippen molar-refractivity contribution in [3.63, 3.8) is 0 Å². The van der Waals surface area contributed by atoms with E-state index < -0.39 is 6.04 Å². The number of amides is 2. The fourth-order valence-electron chi connectivity index (χ4n) is 2.59. The average Bonchev–Trinajstić information content (AvgIpc) is 2.74. The molecule has 1 aliphatic heterocycles. The van der Waals surface area contributed by atoms with Crippen molar-refractivity contribution in [1.29, 1.82) is 0 Å². The molecule has 0 bridgehead atoms. The van der Waals surface area contributed by atoms with Gasteiger partial charge in [0.05, 0.1) is 6.04 Å². The van der Waals surface area contributed by atoms with Gasteiger partial charge >= 0.3 is 0 Å². The first-order valence-electron chi connectivity index (χ1n) is 6.91. The van der Waals surface area contributed by atoms with E-state index in [0.29, 0.717) is 18.9 Å². The first-order chi connectivity index (χ1) is 8.82. The zero-order valence-corrected chi connectivity index (χ0v) is 12.2. The lowest BCUT2D eigenvalue weighted by Gasteiger charge is -2.28. The smallest absolute Gasteiger partial charge is 0.245 e. The van der Waals surface area contributed by atoms with Crippen molar-refractivity contribution < 1.29 is 14.4 Å². The van der Waals surface area contributed by atoms with E-state index >= 15 is 0 Å². The van der Waals surface area contributed by atoms with Crippen LogP contribution in [0, 0.1) is 5.92 Å². The molecule has 0 aromatic heterocycles. The summed E-state index contributed by atoms with van der Waals surface area (Å²) in [7, 11) is 0. The quantitative estimate of drug-likeness (QED) is 0.812. The highest BCUT2D eigenvalue weighted by molar-refractivity contribution is 5.92. The van der Waals surface area contributed by atoms with E-state index in [0.717, 1.165) is 12.8 Å². The second kappa shape index (κ2) is 6.68. The van der Waals surface area contributed by atoms with Gasteiger partial charge in [-0.1, -0.05) is 13.8 Å². The predicted octanol–water partition coefficient (Wildman–Crippen LogP) is 1.12. The van der Waals surface area contributed by atoms with Crippen LogP contribution in [0.2, 0.25) is 0 Å².